The molecule has 9 aromatic carbocycles. The van der Waals surface area contributed by atoms with Gasteiger partial charge in [-0.3, -0.25) is 64.5 Å². The van der Waals surface area contributed by atoms with Crippen LogP contribution in [0.5, 0.6) is 51.7 Å². The summed E-state index contributed by atoms with van der Waals surface area (Å²) in [6.45, 7) is 0. The van der Waals surface area contributed by atoms with Gasteiger partial charge in [-0.05, 0) is 249 Å². The van der Waals surface area contributed by atoms with Gasteiger partial charge in [0.15, 0.2) is 15.3 Å². The molecular formula is C106H78ClF3N16O12S9. The van der Waals surface area contributed by atoms with Crippen molar-refractivity contribution in [3.63, 3.8) is 0 Å². The molecule has 41 heteroatoms. The first kappa shape index (κ1) is 105. The Kier molecular flexibility index (Phi) is 36.6. The Morgan fingerprint density at radius 3 is 1.05 bits per heavy atom. The molecule has 28 nitrogen and oxygen atoms in total. The van der Waals surface area contributed by atoms with E-state index in [9.17, 15) is 47.8 Å². The fourth-order valence-corrected chi connectivity index (χ4v) is 19.2. The number of hydrogen-bond donors (Lipinski definition) is 9. The summed E-state index contributed by atoms with van der Waals surface area (Å²) in [6, 6.07) is 87.5. The second kappa shape index (κ2) is 51.4. The number of carbonyl (C=O) groups is 3. The summed E-state index contributed by atoms with van der Waals surface area (Å²) in [5.41, 5.74) is 16.7. The smallest absolute Gasteiger partial charge is 0.418 e. The number of aromatic hydroxyl groups is 1. The topological polar surface area (TPSA) is 382 Å². The number of nitro benzene ring substituents is 2. The van der Waals surface area contributed by atoms with Gasteiger partial charge in [0.2, 0.25) is 17.7 Å². The largest absolute Gasteiger partial charge is 0.508 e. The van der Waals surface area contributed by atoms with Crippen LogP contribution in [0.1, 0.15) is 22.3 Å². The van der Waals surface area contributed by atoms with Crippen LogP contribution in [0.15, 0.2) is 373 Å². The number of carbonyl (C=O) groups excluding carboxylic acids is 3. The SMILES string of the molecule is Clc1ccnc2ccsc12.Nc1ccc(Oc2ccnc3ccsc23)cc1.O=C(Cc1ccccc1)NC(=S)Nc1ccc(Nc2ccnc3ccsc23)cc1.O=C(Cc1ccccc1)NC(=S)Nc1ccc(Oc2ccnc3ccsc23)cc1.O=C(Cc1ccccc1)NC(=S)Nc1ccc(Oc2ccnc3ccsc23)cc1C(F)(F)F.O=[N+]([O-])c1ccc(O)cc1.O=[N+]([O-])c1ccc(Oc2ccnc3ccsc23)cc1. The molecule has 0 bridgehead atoms. The number of ether oxygens (including phenoxy) is 4. The normalized spacial score (nSPS) is 10.6. The molecule has 147 heavy (non-hydrogen) atoms. The van der Waals surface area contributed by atoms with Gasteiger partial charge in [0, 0.05) is 108 Å². The number of rotatable bonds is 21. The number of nitrogens with zero attached hydrogens (tertiary/aromatic N) is 8. The molecule has 0 spiro atoms. The highest BCUT2D eigenvalue weighted by Gasteiger charge is 2.35. The van der Waals surface area contributed by atoms with Crippen LogP contribution < -0.4 is 61.9 Å². The number of hydrogen-bond acceptors (Lipinski definition) is 29. The molecule has 12 heterocycles. The minimum absolute atomic E-state index is 0.00723. The highest BCUT2D eigenvalue weighted by Crippen LogP contribution is 2.42. The number of alkyl halides is 3. The Hall–Kier alpha value is -16.8. The highest BCUT2D eigenvalue weighted by atomic mass is 35.5. The van der Waals surface area contributed by atoms with Crippen molar-refractivity contribution in [2.75, 3.05) is 27.0 Å². The number of fused-ring (bicyclic) bond motifs is 6. The number of pyridine rings is 6. The third-order valence-corrected chi connectivity index (χ3v) is 26.8. The fraction of sp³-hybridized carbons (Fsp3) is 0.0377. The van der Waals surface area contributed by atoms with Crippen LogP contribution in [0, 0.1) is 20.2 Å². The Morgan fingerprint density at radius 2 is 0.667 bits per heavy atom. The van der Waals surface area contributed by atoms with Crippen LogP contribution in [-0.4, -0.2) is 77.9 Å². The lowest BCUT2D eigenvalue weighted by atomic mass is 10.1. The molecule has 12 aromatic heterocycles. The monoisotopic (exact) mass is 2150 g/mol. The number of phenols is 1. The summed E-state index contributed by atoms with van der Waals surface area (Å²) < 4.78 is 70.4. The number of thiocarbonyl (C=S) groups is 3. The van der Waals surface area contributed by atoms with Gasteiger partial charge < -0.3 is 67.0 Å². The van der Waals surface area contributed by atoms with Crippen LogP contribution in [0.25, 0.3) is 61.3 Å². The molecule has 0 aliphatic heterocycles. The van der Waals surface area contributed by atoms with E-state index in [1.54, 1.807) is 148 Å². The van der Waals surface area contributed by atoms with Crippen molar-refractivity contribution >= 4 is 256 Å². The summed E-state index contributed by atoms with van der Waals surface area (Å²) in [6.07, 6.45) is 6.14. The van der Waals surface area contributed by atoms with Crippen molar-refractivity contribution in [2.45, 2.75) is 25.4 Å². The maximum atomic E-state index is 13.7. The average molecular weight is 2150 g/mol. The van der Waals surface area contributed by atoms with Gasteiger partial charge in [0.05, 0.1) is 112 Å². The molecular weight excluding hydrogens is 2070 g/mol. The van der Waals surface area contributed by atoms with E-state index in [0.717, 1.165) is 129 Å². The van der Waals surface area contributed by atoms with Crippen LogP contribution in [0.2, 0.25) is 5.02 Å². The molecule has 0 aliphatic carbocycles. The second-order valence-corrected chi connectivity index (χ2v) is 37.8. The maximum absolute atomic E-state index is 13.7. The van der Waals surface area contributed by atoms with Crippen LogP contribution in [-0.2, 0) is 39.8 Å². The van der Waals surface area contributed by atoms with E-state index >= 15 is 0 Å². The van der Waals surface area contributed by atoms with E-state index in [-0.39, 0.29) is 75.0 Å². The number of phenolic OH excluding ortho intramolecular Hbond substituents is 1. The zero-order chi connectivity index (χ0) is 103. The molecule has 0 radical (unpaired) electrons. The first-order chi connectivity index (χ1) is 71.3. The number of anilines is 6. The molecule has 0 aliphatic rings. The summed E-state index contributed by atoms with van der Waals surface area (Å²) in [4.78, 5) is 81.5. The maximum Gasteiger partial charge on any atom is 0.418 e. The lowest BCUT2D eigenvalue weighted by Gasteiger charge is -2.17. The molecule has 0 unspecified atom stereocenters. The molecule has 10 N–H and O–H groups in total. The molecule has 0 saturated carbocycles. The summed E-state index contributed by atoms with van der Waals surface area (Å²) in [7, 11) is 0. The predicted molar refractivity (Wildman–Crippen MR) is 593 cm³/mol. The van der Waals surface area contributed by atoms with Gasteiger partial charge in [0.25, 0.3) is 11.4 Å². The number of halogens is 4. The van der Waals surface area contributed by atoms with Crippen molar-refractivity contribution in [3.8, 4) is 51.7 Å². The zero-order valence-electron chi connectivity index (χ0n) is 76.2. The number of aromatic nitrogens is 6. The fourth-order valence-electron chi connectivity index (χ4n) is 13.5. The Labute approximate surface area is 880 Å². The predicted octanol–water partition coefficient (Wildman–Crippen LogP) is 28.3. The summed E-state index contributed by atoms with van der Waals surface area (Å²) in [5.74, 6) is 4.05. The Morgan fingerprint density at radius 1 is 0.361 bits per heavy atom. The highest BCUT2D eigenvalue weighted by molar-refractivity contribution is 7.81. The third-order valence-electron chi connectivity index (χ3n) is 20.2. The second-order valence-electron chi connectivity index (χ2n) is 30.6. The lowest BCUT2D eigenvalue weighted by Crippen LogP contribution is -2.35. The van der Waals surface area contributed by atoms with E-state index < -0.39 is 27.5 Å². The number of nitrogens with one attached hydrogen (secondary N) is 7. The lowest BCUT2D eigenvalue weighted by molar-refractivity contribution is -0.385. The van der Waals surface area contributed by atoms with E-state index in [1.165, 1.54) is 66.1 Å². The van der Waals surface area contributed by atoms with Crippen molar-refractivity contribution in [2.24, 2.45) is 0 Å². The molecule has 736 valence electrons. The van der Waals surface area contributed by atoms with Crippen molar-refractivity contribution in [3.05, 3.63) is 420 Å². The summed E-state index contributed by atoms with van der Waals surface area (Å²) in [5, 5.41) is 61.9. The van der Waals surface area contributed by atoms with Crippen molar-refractivity contribution in [1.29, 1.82) is 0 Å². The minimum atomic E-state index is -4.68. The van der Waals surface area contributed by atoms with Gasteiger partial charge in [-0.25, -0.2) is 0 Å². The van der Waals surface area contributed by atoms with Gasteiger partial charge >= 0.3 is 6.18 Å². The van der Waals surface area contributed by atoms with Gasteiger partial charge in [-0.2, -0.15) is 13.2 Å². The standard InChI is InChI=1S/C23H16F3N3O2S2.C22H18N4OS2.C22H17N3O2S2.C13H8N2O3S.C13H10N2OS.C7H4ClNS.C6H5NO3/c24-23(25,26)16-13-15(31-19-8-10-27-18-9-11-33-21(18)19)6-7-17(16)28-22(32)29-20(30)12-14-4-2-1-3-5-14;27-20(14-15-4-2-1-3-5-15)26-22(28)25-17-8-6-16(7-9-17)24-19-10-12-23-18-11-13-29-21(18)19;26-20(14-15-4-2-1-3-5-15)25-22(28)24-16-6-8-17(9-7-16)27-19-10-12-23-18-11-13-29-21(18)19;16-15(17)9-1-3-10(4-2-9)18-12-5-7-14-11-6-8-19-13(11)12;14-9-1-3-10(4-2-9)16-12-5-7-15-11-6-8-17-13(11)12;8-5-1-3-9-6-2-4-10-7(5)6;8-6-3-1-5(2-4-6)7(9)10/h1-11,13H,12H2,(H2,28,29,30,32);1-13H,14H2,(H,23,24)(H2,25,26,27,28);1-13H,14H2,(H2,24,25,26,28);1-8H;1-8H,14H2;1-4H;1-4,8H. The number of benzene rings is 9. The third kappa shape index (κ3) is 30.9. The van der Waals surface area contributed by atoms with Crippen LogP contribution >= 0.6 is 116 Å². The molecule has 21 rings (SSSR count). The first-order valence-electron chi connectivity index (χ1n) is 43.7. The van der Waals surface area contributed by atoms with E-state index in [4.69, 9.17) is 78.0 Å². The molecule has 0 saturated heterocycles. The van der Waals surface area contributed by atoms with Gasteiger partial charge in [0.1, 0.15) is 51.7 Å². The number of nitrogen functional groups attached to an aromatic ring is 1. The Balaban J connectivity index is 0.000000133. The minimum Gasteiger partial charge on any atom is -0.508 e. The van der Waals surface area contributed by atoms with Crippen molar-refractivity contribution < 1.29 is 61.5 Å². The van der Waals surface area contributed by atoms with E-state index in [2.05, 4.69) is 67.1 Å². The zero-order valence-corrected chi connectivity index (χ0v) is 84.3. The van der Waals surface area contributed by atoms with Crippen molar-refractivity contribution in [1.82, 2.24) is 45.9 Å². The average Bonchev–Trinajstić information content (AvgIpc) is 1.69. The van der Waals surface area contributed by atoms with E-state index in [1.807, 2.05) is 220 Å². The van der Waals surface area contributed by atoms with Crippen LogP contribution in [0.4, 0.5) is 58.7 Å². The van der Waals surface area contributed by atoms with Crippen LogP contribution in [0.3, 0.4) is 0 Å². The molecule has 21 aromatic rings. The number of nitrogens with two attached hydrogens (primary N) is 1. The molecule has 0 fully saturated rings. The Bertz CT molecular complexity index is 7950. The molecule has 0 atom stereocenters. The quantitative estimate of drug-likeness (QED) is 0.0140. The number of thiophene rings is 6. The number of amides is 3. The number of non-ortho nitro benzene ring substituents is 2. The van der Waals surface area contributed by atoms with Gasteiger partial charge in [-0.1, -0.05) is 103 Å². The number of nitro groups is 2. The first-order valence-corrected chi connectivity index (χ1v) is 50.6. The van der Waals surface area contributed by atoms with E-state index in [0.29, 0.717) is 28.5 Å². The summed E-state index contributed by atoms with van der Waals surface area (Å²) >= 11 is 30.8. The molecule has 3 amide bonds. The van der Waals surface area contributed by atoms with Gasteiger partial charge in [-0.15, -0.1) is 68.0 Å².